The summed E-state index contributed by atoms with van der Waals surface area (Å²) in [6.45, 7) is 4.00. The number of carbonyl (C=O) groups excluding carboxylic acids is 2. The lowest BCUT2D eigenvalue weighted by atomic mass is 10.0. The summed E-state index contributed by atoms with van der Waals surface area (Å²) in [5, 5.41) is 1.25. The summed E-state index contributed by atoms with van der Waals surface area (Å²) >= 11 is 5.93. The van der Waals surface area contributed by atoms with Gasteiger partial charge in [-0.2, -0.15) is 0 Å². The molecule has 0 aliphatic heterocycles. The van der Waals surface area contributed by atoms with Crippen molar-refractivity contribution in [2.75, 3.05) is 7.11 Å². The minimum absolute atomic E-state index is 0.169. The second kappa shape index (κ2) is 8.35. The topological polar surface area (TPSA) is 69.2 Å². The first-order chi connectivity index (χ1) is 12.1. The zero-order chi connectivity index (χ0) is 18.4. The van der Waals surface area contributed by atoms with Crippen molar-refractivity contribution in [1.29, 1.82) is 0 Å². The first-order valence-electron chi connectivity index (χ1n) is 7.73. The summed E-state index contributed by atoms with van der Waals surface area (Å²) in [5.74, 6) is -0.812. The van der Waals surface area contributed by atoms with Crippen LogP contribution < -0.4 is 0 Å². The summed E-state index contributed by atoms with van der Waals surface area (Å²) in [6, 6.07) is 9.74. The number of rotatable bonds is 3. The highest BCUT2D eigenvalue weighted by atomic mass is 35.5. The number of benzene rings is 1. The molecule has 0 atom stereocenters. The number of halogens is 1. The number of fused-ring (bicyclic) bond motifs is 1. The minimum atomic E-state index is -0.518. The van der Waals surface area contributed by atoms with E-state index in [1.807, 2.05) is 13.8 Å². The molecule has 0 aliphatic rings. The molecule has 0 saturated heterocycles. The zero-order valence-electron chi connectivity index (χ0n) is 14.1. The standard InChI is InChI=1S/C17H11ClN2O3.C2H6/c1-23-17(22)11-4-5-19-15(8-11)16(21)10-2-3-14-12(6-10)7-13(18)9-20-14;1-2/h2-9H,1H3;1-2H3. The van der Waals surface area contributed by atoms with Crippen LogP contribution in [0.15, 0.2) is 48.8 Å². The number of nitrogens with zero attached hydrogens (tertiary/aromatic N) is 2. The fraction of sp³-hybridized carbons (Fsp3) is 0.158. The molecule has 3 rings (SSSR count). The number of hydrogen-bond donors (Lipinski definition) is 0. The largest absolute Gasteiger partial charge is 0.465 e. The molecule has 2 aromatic heterocycles. The third-order valence-electron chi connectivity index (χ3n) is 3.32. The van der Waals surface area contributed by atoms with Crippen molar-refractivity contribution < 1.29 is 14.3 Å². The number of carbonyl (C=O) groups is 2. The Bertz CT molecular complexity index is 925. The van der Waals surface area contributed by atoms with Gasteiger partial charge in [0.15, 0.2) is 0 Å². The van der Waals surface area contributed by atoms with Crippen molar-refractivity contribution in [3.63, 3.8) is 0 Å². The predicted octanol–water partition coefficient (Wildman–Crippen LogP) is 4.33. The number of hydrogen-bond acceptors (Lipinski definition) is 5. The highest BCUT2D eigenvalue weighted by molar-refractivity contribution is 6.31. The van der Waals surface area contributed by atoms with Crippen LogP contribution in [-0.4, -0.2) is 28.8 Å². The average Bonchev–Trinajstić information content (AvgIpc) is 2.67. The Kier molecular flexibility index (Phi) is 6.19. The SMILES string of the molecule is CC.COC(=O)c1ccnc(C(=O)c2ccc3ncc(Cl)cc3c2)c1. The molecule has 0 unspecified atom stereocenters. The van der Waals surface area contributed by atoms with E-state index in [-0.39, 0.29) is 17.0 Å². The fourth-order valence-electron chi connectivity index (χ4n) is 2.19. The second-order valence-electron chi connectivity index (χ2n) is 4.81. The summed E-state index contributed by atoms with van der Waals surface area (Å²) in [4.78, 5) is 32.3. The molecule has 6 heteroatoms. The van der Waals surface area contributed by atoms with E-state index in [0.29, 0.717) is 10.6 Å². The molecule has 25 heavy (non-hydrogen) atoms. The maximum atomic E-state index is 12.6. The highest BCUT2D eigenvalue weighted by Crippen LogP contribution is 2.20. The van der Waals surface area contributed by atoms with E-state index in [9.17, 15) is 9.59 Å². The van der Waals surface area contributed by atoms with Gasteiger partial charge >= 0.3 is 5.97 Å². The Morgan fingerprint density at radius 3 is 2.48 bits per heavy atom. The molecule has 0 N–H and O–H groups in total. The minimum Gasteiger partial charge on any atom is -0.465 e. The van der Waals surface area contributed by atoms with E-state index in [0.717, 1.165) is 10.9 Å². The highest BCUT2D eigenvalue weighted by Gasteiger charge is 2.14. The van der Waals surface area contributed by atoms with E-state index >= 15 is 0 Å². The Morgan fingerprint density at radius 2 is 1.76 bits per heavy atom. The van der Waals surface area contributed by atoms with Crippen LogP contribution in [0.4, 0.5) is 0 Å². The van der Waals surface area contributed by atoms with Crippen molar-refractivity contribution in [1.82, 2.24) is 9.97 Å². The van der Waals surface area contributed by atoms with E-state index in [2.05, 4.69) is 14.7 Å². The molecule has 3 aromatic rings. The number of ketones is 1. The molecule has 0 bridgehead atoms. The molecule has 0 radical (unpaired) electrons. The third kappa shape index (κ3) is 4.19. The Labute approximate surface area is 150 Å². The summed E-state index contributed by atoms with van der Waals surface area (Å²) < 4.78 is 4.65. The van der Waals surface area contributed by atoms with Crippen LogP contribution in [0, 0.1) is 0 Å². The van der Waals surface area contributed by atoms with Gasteiger partial charge in [0.05, 0.1) is 23.2 Å². The van der Waals surface area contributed by atoms with Gasteiger partial charge in [-0.1, -0.05) is 25.4 Å². The van der Waals surface area contributed by atoms with Gasteiger partial charge in [0.2, 0.25) is 5.78 Å². The number of ether oxygens (including phenoxy) is 1. The quantitative estimate of drug-likeness (QED) is 0.516. The lowest BCUT2D eigenvalue weighted by Crippen LogP contribution is -2.08. The molecule has 5 nitrogen and oxygen atoms in total. The number of aromatic nitrogens is 2. The van der Waals surface area contributed by atoms with Gasteiger partial charge in [-0.3, -0.25) is 14.8 Å². The monoisotopic (exact) mass is 356 g/mol. The van der Waals surface area contributed by atoms with Gasteiger partial charge in [-0.05, 0) is 36.4 Å². The first kappa shape index (κ1) is 18.5. The fourth-order valence-corrected chi connectivity index (χ4v) is 2.36. The maximum absolute atomic E-state index is 12.6. The summed E-state index contributed by atoms with van der Waals surface area (Å²) in [7, 11) is 1.28. The first-order valence-corrected chi connectivity index (χ1v) is 8.10. The molecular formula is C19H17ClN2O3. The van der Waals surface area contributed by atoms with Crippen LogP contribution in [0.2, 0.25) is 5.02 Å². The van der Waals surface area contributed by atoms with Gasteiger partial charge in [-0.25, -0.2) is 4.79 Å². The van der Waals surface area contributed by atoms with Gasteiger partial charge in [0.1, 0.15) is 5.69 Å². The van der Waals surface area contributed by atoms with Crippen LogP contribution in [0.3, 0.4) is 0 Å². The number of esters is 1. The van der Waals surface area contributed by atoms with Crippen LogP contribution in [-0.2, 0) is 4.74 Å². The number of pyridine rings is 2. The van der Waals surface area contributed by atoms with Gasteiger partial charge in [0.25, 0.3) is 0 Å². The van der Waals surface area contributed by atoms with Crippen molar-refractivity contribution in [3.05, 3.63) is 70.6 Å². The molecule has 0 aliphatic carbocycles. The normalized spacial score (nSPS) is 9.92. The van der Waals surface area contributed by atoms with Gasteiger partial charge < -0.3 is 4.74 Å². The van der Waals surface area contributed by atoms with Crippen LogP contribution >= 0.6 is 11.6 Å². The zero-order valence-corrected chi connectivity index (χ0v) is 14.9. The van der Waals surface area contributed by atoms with Gasteiger partial charge in [0, 0.05) is 23.3 Å². The van der Waals surface area contributed by atoms with Crippen molar-refractivity contribution in [3.8, 4) is 0 Å². The van der Waals surface area contributed by atoms with E-state index in [1.54, 1.807) is 30.5 Å². The third-order valence-corrected chi connectivity index (χ3v) is 3.53. The van der Waals surface area contributed by atoms with Crippen LogP contribution in [0.25, 0.3) is 10.9 Å². The molecule has 2 heterocycles. The number of methoxy groups -OCH3 is 1. The lowest BCUT2D eigenvalue weighted by molar-refractivity contribution is 0.0600. The Hall–Kier alpha value is -2.79. The summed E-state index contributed by atoms with van der Waals surface area (Å²) in [5.41, 5.74) is 1.62. The average molecular weight is 357 g/mol. The molecule has 0 saturated carbocycles. The lowest BCUT2D eigenvalue weighted by Gasteiger charge is -2.04. The molecule has 0 amide bonds. The van der Waals surface area contributed by atoms with Crippen LogP contribution in [0.1, 0.15) is 40.3 Å². The molecule has 1 aromatic carbocycles. The van der Waals surface area contributed by atoms with Crippen molar-refractivity contribution in [2.24, 2.45) is 0 Å². The van der Waals surface area contributed by atoms with E-state index in [1.165, 1.54) is 25.4 Å². The predicted molar refractivity (Wildman–Crippen MR) is 97.1 cm³/mol. The molecule has 0 fully saturated rings. The smallest absolute Gasteiger partial charge is 0.337 e. The van der Waals surface area contributed by atoms with E-state index in [4.69, 9.17) is 11.6 Å². The molecule has 128 valence electrons. The Morgan fingerprint density at radius 1 is 1.00 bits per heavy atom. The maximum Gasteiger partial charge on any atom is 0.337 e. The van der Waals surface area contributed by atoms with E-state index < -0.39 is 5.97 Å². The summed E-state index contributed by atoms with van der Waals surface area (Å²) in [6.07, 6.45) is 2.95. The molecule has 0 spiro atoms. The Balaban J connectivity index is 0.00000109. The van der Waals surface area contributed by atoms with Crippen LogP contribution in [0.5, 0.6) is 0 Å². The van der Waals surface area contributed by atoms with Gasteiger partial charge in [-0.15, -0.1) is 0 Å². The molecular weight excluding hydrogens is 340 g/mol. The van der Waals surface area contributed by atoms with Crippen molar-refractivity contribution in [2.45, 2.75) is 13.8 Å². The van der Waals surface area contributed by atoms with Crippen molar-refractivity contribution >= 4 is 34.3 Å². The second-order valence-corrected chi connectivity index (χ2v) is 5.25.